The van der Waals surface area contributed by atoms with Crippen molar-refractivity contribution in [2.45, 2.75) is 19.8 Å². The third kappa shape index (κ3) is 4.55. The summed E-state index contributed by atoms with van der Waals surface area (Å²) in [5.74, 6) is -0.0655. The van der Waals surface area contributed by atoms with Crippen LogP contribution in [-0.2, 0) is 11.2 Å². The lowest BCUT2D eigenvalue weighted by atomic mass is 9.99. The maximum absolute atomic E-state index is 12.0. The van der Waals surface area contributed by atoms with Gasteiger partial charge >= 0.3 is 5.97 Å². The van der Waals surface area contributed by atoms with Gasteiger partial charge in [-0.1, -0.05) is 30.3 Å². The number of nitrogens with zero attached hydrogens (tertiary/aromatic N) is 1. The van der Waals surface area contributed by atoms with Gasteiger partial charge in [-0.3, -0.25) is 9.59 Å². The van der Waals surface area contributed by atoms with E-state index in [4.69, 9.17) is 21.3 Å². The van der Waals surface area contributed by atoms with Crippen LogP contribution in [0.4, 0.5) is 11.5 Å². The number of nitrogens with two attached hydrogens (primary N) is 2. The fourth-order valence-corrected chi connectivity index (χ4v) is 2.96. The number of nitrogens with one attached hydrogen (secondary N) is 1. The quantitative estimate of drug-likeness (QED) is 0.482. The van der Waals surface area contributed by atoms with Crippen molar-refractivity contribution < 1.29 is 14.6 Å². The second-order valence-electron chi connectivity index (χ2n) is 6.45. The molecule has 8 nitrogen and oxygen atoms in total. The van der Waals surface area contributed by atoms with Crippen molar-refractivity contribution in [1.82, 2.24) is 9.97 Å². The van der Waals surface area contributed by atoms with Crippen LogP contribution in [0.5, 0.6) is 5.75 Å². The molecule has 0 saturated heterocycles. The number of nitrogen functional groups attached to an aromatic ring is 2. The summed E-state index contributed by atoms with van der Waals surface area (Å²) in [6.45, 7) is 2.28. The second-order valence-corrected chi connectivity index (χ2v) is 6.45. The Morgan fingerprint density at radius 2 is 1.93 bits per heavy atom. The average Bonchev–Trinajstić information content (AvgIpc) is 2.70. The zero-order valence-electron chi connectivity index (χ0n) is 15.9. The van der Waals surface area contributed by atoms with Crippen molar-refractivity contribution in [3.8, 4) is 28.3 Å². The molecule has 150 valence electrons. The van der Waals surface area contributed by atoms with Crippen LogP contribution in [0.15, 0.2) is 47.3 Å². The number of carbonyl (C=O) groups is 1. The molecule has 0 amide bonds. The van der Waals surface area contributed by atoms with E-state index in [2.05, 4.69) is 9.97 Å². The molecule has 0 bridgehead atoms. The Bertz CT molecular complexity index is 1110. The van der Waals surface area contributed by atoms with Crippen molar-refractivity contribution in [2.75, 3.05) is 18.1 Å². The lowest BCUT2D eigenvalue weighted by molar-refractivity contribution is -0.136. The number of rotatable bonds is 7. The number of hydrogen-bond acceptors (Lipinski definition) is 6. The van der Waals surface area contributed by atoms with Crippen LogP contribution >= 0.6 is 0 Å². The van der Waals surface area contributed by atoms with Gasteiger partial charge in [0.1, 0.15) is 17.3 Å². The predicted octanol–water partition coefficient (Wildman–Crippen LogP) is 2.68. The Balaban J connectivity index is 2.02. The van der Waals surface area contributed by atoms with Crippen LogP contribution in [0.1, 0.15) is 18.9 Å². The largest absolute Gasteiger partial charge is 0.493 e. The van der Waals surface area contributed by atoms with Gasteiger partial charge < -0.3 is 26.3 Å². The molecule has 3 rings (SSSR count). The summed E-state index contributed by atoms with van der Waals surface area (Å²) >= 11 is 0. The maximum atomic E-state index is 12.0. The lowest BCUT2D eigenvalue weighted by Crippen LogP contribution is -2.17. The second kappa shape index (κ2) is 8.47. The van der Waals surface area contributed by atoms with Crippen LogP contribution in [-0.4, -0.2) is 27.7 Å². The standard InChI is InChI=1S/C21H22N4O4/c1-2-29-16-11-14(13-5-3-4-12(10-13)6-9-17(26)27)7-8-15(16)20-24-19(23)18(22)21(28)25-20/h3-5,7-8,10-11H,2,6,9,22H2,1H3,(H,26,27)(H3,23,24,25,28). The number of anilines is 2. The molecule has 0 fully saturated rings. The Kier molecular flexibility index (Phi) is 5.82. The summed E-state index contributed by atoms with van der Waals surface area (Å²) < 4.78 is 5.76. The van der Waals surface area contributed by atoms with Gasteiger partial charge in [0.05, 0.1) is 12.2 Å². The number of H-pyrrole nitrogens is 1. The topological polar surface area (TPSA) is 144 Å². The smallest absolute Gasteiger partial charge is 0.303 e. The molecule has 0 radical (unpaired) electrons. The number of hydrogen-bond donors (Lipinski definition) is 4. The first-order valence-corrected chi connectivity index (χ1v) is 9.12. The van der Waals surface area contributed by atoms with E-state index in [1.165, 1.54) is 0 Å². The molecule has 1 aromatic heterocycles. The van der Waals surface area contributed by atoms with Gasteiger partial charge in [-0.2, -0.15) is 0 Å². The van der Waals surface area contributed by atoms with Crippen molar-refractivity contribution in [3.63, 3.8) is 0 Å². The number of benzene rings is 2. The van der Waals surface area contributed by atoms with Gasteiger partial charge in [0.15, 0.2) is 5.82 Å². The van der Waals surface area contributed by atoms with E-state index in [1.807, 2.05) is 43.3 Å². The molecule has 0 unspecified atom stereocenters. The zero-order valence-corrected chi connectivity index (χ0v) is 15.9. The first kappa shape index (κ1) is 19.9. The molecular formula is C21H22N4O4. The fourth-order valence-electron chi connectivity index (χ4n) is 2.96. The van der Waals surface area contributed by atoms with Crippen LogP contribution in [0.2, 0.25) is 0 Å². The van der Waals surface area contributed by atoms with Gasteiger partial charge in [0.2, 0.25) is 0 Å². The first-order chi connectivity index (χ1) is 13.9. The molecule has 0 atom stereocenters. The third-order valence-electron chi connectivity index (χ3n) is 4.41. The van der Waals surface area contributed by atoms with E-state index in [0.29, 0.717) is 24.3 Å². The summed E-state index contributed by atoms with van der Waals surface area (Å²) in [5.41, 5.74) is 14.0. The molecule has 0 aliphatic rings. The van der Waals surface area contributed by atoms with Gasteiger partial charge in [0, 0.05) is 6.42 Å². The van der Waals surface area contributed by atoms with Crippen molar-refractivity contribution >= 4 is 17.5 Å². The number of carboxylic acid groups (broad SMARTS) is 1. The molecule has 1 heterocycles. The number of ether oxygens (including phenoxy) is 1. The molecule has 2 aromatic carbocycles. The van der Waals surface area contributed by atoms with Gasteiger partial charge in [-0.25, -0.2) is 4.98 Å². The van der Waals surface area contributed by atoms with Gasteiger partial charge in [0.25, 0.3) is 5.56 Å². The van der Waals surface area contributed by atoms with E-state index < -0.39 is 11.5 Å². The molecule has 0 saturated carbocycles. The predicted molar refractivity (Wildman–Crippen MR) is 112 cm³/mol. The Labute approximate surface area is 167 Å². The highest BCUT2D eigenvalue weighted by Crippen LogP contribution is 2.33. The summed E-state index contributed by atoms with van der Waals surface area (Å²) in [6.07, 6.45) is 0.527. The number of aryl methyl sites for hydroxylation is 1. The van der Waals surface area contributed by atoms with E-state index in [-0.39, 0.29) is 23.8 Å². The molecule has 29 heavy (non-hydrogen) atoms. The zero-order chi connectivity index (χ0) is 21.0. The SMILES string of the molecule is CCOc1cc(-c2cccc(CCC(=O)O)c2)ccc1-c1nc(N)c(N)c(=O)[nH]1. The van der Waals surface area contributed by atoms with Crippen LogP contribution in [0, 0.1) is 0 Å². The Morgan fingerprint density at radius 1 is 1.17 bits per heavy atom. The van der Waals surface area contributed by atoms with Crippen molar-refractivity contribution in [3.05, 3.63) is 58.4 Å². The third-order valence-corrected chi connectivity index (χ3v) is 4.41. The highest BCUT2D eigenvalue weighted by Gasteiger charge is 2.14. The number of aliphatic carboxylic acids is 1. The lowest BCUT2D eigenvalue weighted by Gasteiger charge is -2.13. The van der Waals surface area contributed by atoms with E-state index in [9.17, 15) is 9.59 Å². The molecule has 0 spiro atoms. The van der Waals surface area contributed by atoms with Crippen LogP contribution in [0.3, 0.4) is 0 Å². The van der Waals surface area contributed by atoms with E-state index >= 15 is 0 Å². The van der Waals surface area contributed by atoms with E-state index in [0.717, 1.165) is 16.7 Å². The highest BCUT2D eigenvalue weighted by molar-refractivity contribution is 5.75. The minimum Gasteiger partial charge on any atom is -0.493 e. The summed E-state index contributed by atoms with van der Waals surface area (Å²) in [4.78, 5) is 29.6. The van der Waals surface area contributed by atoms with E-state index in [1.54, 1.807) is 6.07 Å². The minimum absolute atomic E-state index is 0.0404. The maximum Gasteiger partial charge on any atom is 0.303 e. The molecule has 3 aromatic rings. The van der Waals surface area contributed by atoms with Crippen LogP contribution < -0.4 is 21.8 Å². The number of carboxylic acids is 1. The number of aromatic amines is 1. The molecular weight excluding hydrogens is 372 g/mol. The normalized spacial score (nSPS) is 10.7. The first-order valence-electron chi connectivity index (χ1n) is 9.12. The van der Waals surface area contributed by atoms with Gasteiger partial charge in [-0.05, 0) is 42.2 Å². The summed E-state index contributed by atoms with van der Waals surface area (Å²) in [6, 6.07) is 13.2. The molecule has 0 aliphatic heterocycles. The molecule has 0 aliphatic carbocycles. The highest BCUT2D eigenvalue weighted by atomic mass is 16.5. The number of aromatic nitrogens is 2. The van der Waals surface area contributed by atoms with Crippen molar-refractivity contribution in [2.24, 2.45) is 0 Å². The summed E-state index contributed by atoms with van der Waals surface area (Å²) in [7, 11) is 0. The van der Waals surface area contributed by atoms with Crippen molar-refractivity contribution in [1.29, 1.82) is 0 Å². The monoisotopic (exact) mass is 394 g/mol. The average molecular weight is 394 g/mol. The minimum atomic E-state index is -0.831. The Morgan fingerprint density at radius 3 is 2.62 bits per heavy atom. The fraction of sp³-hybridized carbons (Fsp3) is 0.190. The molecule has 8 heteroatoms. The van der Waals surface area contributed by atoms with Crippen LogP contribution in [0.25, 0.3) is 22.5 Å². The van der Waals surface area contributed by atoms with Gasteiger partial charge in [-0.15, -0.1) is 0 Å². The summed E-state index contributed by atoms with van der Waals surface area (Å²) in [5, 5.41) is 8.89. The Hall–Kier alpha value is -3.81. The molecule has 6 N–H and O–H groups in total.